The highest BCUT2D eigenvalue weighted by atomic mass is 16.5. The van der Waals surface area contributed by atoms with Crippen molar-refractivity contribution in [3.8, 4) is 33.8 Å². The van der Waals surface area contributed by atoms with Crippen molar-refractivity contribution in [3.63, 3.8) is 0 Å². The lowest BCUT2D eigenvalue weighted by atomic mass is 9.98. The third kappa shape index (κ3) is 3.46. The summed E-state index contributed by atoms with van der Waals surface area (Å²) < 4.78 is 6.11. The number of ether oxygens (including phenoxy) is 1. The van der Waals surface area contributed by atoms with E-state index in [9.17, 15) is 0 Å². The Kier molecular flexibility index (Phi) is 4.30. The van der Waals surface area contributed by atoms with Gasteiger partial charge in [0, 0.05) is 5.56 Å². The Morgan fingerprint density at radius 2 is 1.04 bits per heavy atom. The zero-order valence-electron chi connectivity index (χ0n) is 13.8. The molecule has 4 aromatic rings. The Labute approximate surface area is 148 Å². The molecule has 4 rings (SSSR count). The Hall–Kier alpha value is -3.32. The van der Waals surface area contributed by atoms with E-state index in [1.165, 1.54) is 11.1 Å². The fourth-order valence-corrected chi connectivity index (χ4v) is 2.91. The lowest BCUT2D eigenvalue weighted by Gasteiger charge is -2.12. The molecule has 0 fully saturated rings. The smallest absolute Gasteiger partial charge is 0.135 e. The van der Waals surface area contributed by atoms with E-state index in [1.807, 2.05) is 54.6 Å². The topological polar surface area (TPSA) is 9.23 Å². The highest BCUT2D eigenvalue weighted by Crippen LogP contribution is 2.34. The van der Waals surface area contributed by atoms with Gasteiger partial charge in [-0.2, -0.15) is 0 Å². The minimum absolute atomic E-state index is 0.842. The molecule has 0 aromatic heterocycles. The van der Waals surface area contributed by atoms with E-state index in [0.717, 1.165) is 22.6 Å². The summed E-state index contributed by atoms with van der Waals surface area (Å²) in [6.45, 7) is 0. The van der Waals surface area contributed by atoms with Crippen molar-refractivity contribution >= 4 is 0 Å². The zero-order chi connectivity index (χ0) is 16.9. The number of para-hydroxylation sites is 2. The molecule has 120 valence electrons. The molecule has 0 saturated carbocycles. The van der Waals surface area contributed by atoms with Crippen molar-refractivity contribution < 1.29 is 4.74 Å². The Morgan fingerprint density at radius 1 is 0.440 bits per heavy atom. The number of hydrogen-bond donors (Lipinski definition) is 0. The van der Waals surface area contributed by atoms with Gasteiger partial charge in [0.1, 0.15) is 11.5 Å². The van der Waals surface area contributed by atoms with Crippen LogP contribution in [0.1, 0.15) is 0 Å². The normalized spacial score (nSPS) is 10.4. The molecule has 0 aliphatic heterocycles. The van der Waals surface area contributed by atoms with Gasteiger partial charge in [0.25, 0.3) is 0 Å². The first-order chi connectivity index (χ1) is 12.4. The van der Waals surface area contributed by atoms with Gasteiger partial charge in [0.15, 0.2) is 0 Å². The fourth-order valence-electron chi connectivity index (χ4n) is 2.91. The average Bonchev–Trinajstić information content (AvgIpc) is 2.70. The van der Waals surface area contributed by atoms with Gasteiger partial charge in [-0.25, -0.2) is 0 Å². The molecule has 0 amide bonds. The lowest BCUT2D eigenvalue weighted by molar-refractivity contribution is 0.484. The van der Waals surface area contributed by atoms with E-state index in [0.29, 0.717) is 0 Å². The van der Waals surface area contributed by atoms with E-state index in [2.05, 4.69) is 54.6 Å². The molecule has 0 N–H and O–H groups in total. The molecule has 1 heteroatoms. The van der Waals surface area contributed by atoms with E-state index in [1.54, 1.807) is 0 Å². The zero-order valence-corrected chi connectivity index (χ0v) is 13.8. The molecule has 0 aliphatic carbocycles. The minimum atomic E-state index is 0.842. The highest BCUT2D eigenvalue weighted by Gasteiger charge is 2.08. The van der Waals surface area contributed by atoms with Crippen LogP contribution < -0.4 is 4.74 Å². The van der Waals surface area contributed by atoms with Crippen LogP contribution in [0.25, 0.3) is 22.3 Å². The monoisotopic (exact) mass is 322 g/mol. The Bertz CT molecular complexity index is 959. The first kappa shape index (κ1) is 15.2. The van der Waals surface area contributed by atoms with Gasteiger partial charge in [-0.3, -0.25) is 0 Å². The minimum Gasteiger partial charge on any atom is -0.457 e. The highest BCUT2D eigenvalue weighted by molar-refractivity contribution is 5.76. The maximum Gasteiger partial charge on any atom is 0.135 e. The maximum atomic E-state index is 6.11. The number of benzene rings is 4. The van der Waals surface area contributed by atoms with Crippen molar-refractivity contribution in [3.05, 3.63) is 109 Å². The number of hydrogen-bond acceptors (Lipinski definition) is 1. The number of rotatable bonds is 4. The van der Waals surface area contributed by atoms with Gasteiger partial charge < -0.3 is 4.74 Å². The first-order valence-corrected chi connectivity index (χ1v) is 8.38. The van der Waals surface area contributed by atoms with E-state index >= 15 is 0 Å². The predicted molar refractivity (Wildman–Crippen MR) is 104 cm³/mol. The van der Waals surface area contributed by atoms with Gasteiger partial charge in [-0.15, -0.1) is 0 Å². The second-order valence-corrected chi connectivity index (χ2v) is 5.86. The van der Waals surface area contributed by atoms with Gasteiger partial charge in [0.2, 0.25) is 0 Å². The molecule has 4 aromatic carbocycles. The van der Waals surface area contributed by atoms with Crippen molar-refractivity contribution in [2.45, 2.75) is 0 Å². The summed E-state index contributed by atoms with van der Waals surface area (Å²) in [6.07, 6.45) is 0. The molecule has 0 atom stereocenters. The summed E-state index contributed by atoms with van der Waals surface area (Å²) >= 11 is 0. The Morgan fingerprint density at radius 3 is 1.84 bits per heavy atom. The molecule has 0 unspecified atom stereocenters. The van der Waals surface area contributed by atoms with Crippen molar-refractivity contribution in [1.82, 2.24) is 0 Å². The third-order valence-electron chi connectivity index (χ3n) is 4.14. The summed E-state index contributed by atoms with van der Waals surface area (Å²) in [5.41, 5.74) is 4.65. The van der Waals surface area contributed by atoms with Crippen LogP contribution in [0.15, 0.2) is 109 Å². The summed E-state index contributed by atoms with van der Waals surface area (Å²) in [7, 11) is 0. The quantitative estimate of drug-likeness (QED) is 0.401. The first-order valence-electron chi connectivity index (χ1n) is 8.38. The summed E-state index contributed by atoms with van der Waals surface area (Å²) in [5, 5.41) is 0. The molecule has 0 heterocycles. The molecule has 1 nitrogen and oxygen atoms in total. The molecular formula is C24H18O. The van der Waals surface area contributed by atoms with Crippen LogP contribution >= 0.6 is 0 Å². The van der Waals surface area contributed by atoms with Crippen LogP contribution in [-0.2, 0) is 0 Å². The molecule has 0 spiro atoms. The van der Waals surface area contributed by atoms with Crippen LogP contribution in [0, 0.1) is 0 Å². The van der Waals surface area contributed by atoms with Crippen LogP contribution in [0.3, 0.4) is 0 Å². The van der Waals surface area contributed by atoms with E-state index in [4.69, 9.17) is 4.74 Å². The maximum absolute atomic E-state index is 6.11. The second kappa shape index (κ2) is 7.06. The SMILES string of the molecule is c1ccc(Oc2ccccc2-c2cccc(-c3ccccc3)c2)cc1. The third-order valence-corrected chi connectivity index (χ3v) is 4.14. The van der Waals surface area contributed by atoms with Crippen LogP contribution in [-0.4, -0.2) is 0 Å². The molecule has 0 bridgehead atoms. The van der Waals surface area contributed by atoms with Crippen molar-refractivity contribution in [1.29, 1.82) is 0 Å². The van der Waals surface area contributed by atoms with E-state index < -0.39 is 0 Å². The van der Waals surface area contributed by atoms with Crippen molar-refractivity contribution in [2.24, 2.45) is 0 Å². The van der Waals surface area contributed by atoms with E-state index in [-0.39, 0.29) is 0 Å². The molecule has 0 saturated heterocycles. The van der Waals surface area contributed by atoms with Crippen LogP contribution in [0.5, 0.6) is 11.5 Å². The summed E-state index contributed by atoms with van der Waals surface area (Å²) in [4.78, 5) is 0. The van der Waals surface area contributed by atoms with Crippen molar-refractivity contribution in [2.75, 3.05) is 0 Å². The van der Waals surface area contributed by atoms with Gasteiger partial charge in [-0.05, 0) is 41.0 Å². The molecule has 25 heavy (non-hydrogen) atoms. The Balaban J connectivity index is 1.73. The molecule has 0 radical (unpaired) electrons. The molecular weight excluding hydrogens is 304 g/mol. The second-order valence-electron chi connectivity index (χ2n) is 5.86. The fraction of sp³-hybridized carbons (Fsp3) is 0. The standard InChI is InChI=1S/C24H18O/c1-3-10-19(11-4-1)20-12-9-13-21(18-20)23-16-7-8-17-24(23)25-22-14-5-2-6-15-22/h1-18H. The predicted octanol–water partition coefficient (Wildman–Crippen LogP) is 6.81. The van der Waals surface area contributed by atoms with Gasteiger partial charge in [-0.1, -0.05) is 84.9 Å². The van der Waals surface area contributed by atoms with Crippen LogP contribution in [0.4, 0.5) is 0 Å². The van der Waals surface area contributed by atoms with Gasteiger partial charge >= 0.3 is 0 Å². The summed E-state index contributed by atoms with van der Waals surface area (Å²) in [5.74, 6) is 1.70. The lowest BCUT2D eigenvalue weighted by Crippen LogP contribution is -1.88. The largest absolute Gasteiger partial charge is 0.457 e. The van der Waals surface area contributed by atoms with Gasteiger partial charge in [0.05, 0.1) is 0 Å². The summed E-state index contributed by atoms with van der Waals surface area (Å²) in [6, 6.07) is 37.0. The van der Waals surface area contributed by atoms with Crippen LogP contribution in [0.2, 0.25) is 0 Å². The average molecular weight is 322 g/mol. The molecule has 0 aliphatic rings.